The molecule has 0 spiro atoms. The van der Waals surface area contributed by atoms with Gasteiger partial charge in [-0.05, 0) is 18.1 Å². The first-order chi connectivity index (χ1) is 8.29. The fraction of sp³-hybridized carbons (Fsp3) is 0.308. The van der Waals surface area contributed by atoms with Crippen LogP contribution in [0.2, 0.25) is 0 Å². The van der Waals surface area contributed by atoms with E-state index in [9.17, 15) is 4.79 Å². The van der Waals surface area contributed by atoms with Crippen LogP contribution in [0.3, 0.4) is 0 Å². The molecular formula is C13H16N2O2. The van der Waals surface area contributed by atoms with Crippen molar-refractivity contribution in [3.05, 3.63) is 42.5 Å². The van der Waals surface area contributed by atoms with E-state index >= 15 is 0 Å². The molecule has 1 aliphatic rings. The molecule has 90 valence electrons. The molecule has 0 aromatic heterocycles. The monoisotopic (exact) mass is 232 g/mol. The van der Waals surface area contributed by atoms with Crippen LogP contribution >= 0.6 is 0 Å². The molecule has 0 aliphatic carbocycles. The average molecular weight is 232 g/mol. The zero-order valence-corrected chi connectivity index (χ0v) is 9.61. The molecule has 1 aliphatic heterocycles. The molecule has 1 amide bonds. The number of nitrogens with one attached hydrogen (secondary N) is 2. The Labute approximate surface area is 101 Å². The third-order valence-electron chi connectivity index (χ3n) is 2.68. The van der Waals surface area contributed by atoms with E-state index in [0.717, 1.165) is 18.7 Å². The summed E-state index contributed by atoms with van der Waals surface area (Å²) in [5, 5.41) is 6.11. The summed E-state index contributed by atoms with van der Waals surface area (Å²) in [5.41, 5.74) is 2.36. The van der Waals surface area contributed by atoms with Gasteiger partial charge in [0.05, 0.1) is 6.04 Å². The molecule has 1 atom stereocenters. The number of carbonyl (C=O) groups is 1. The van der Waals surface area contributed by atoms with Crippen LogP contribution in [0.1, 0.15) is 5.56 Å². The summed E-state index contributed by atoms with van der Waals surface area (Å²) in [6, 6.07) is 8.17. The lowest BCUT2D eigenvalue weighted by molar-refractivity contribution is 0.154. The highest BCUT2D eigenvalue weighted by atomic mass is 16.5. The van der Waals surface area contributed by atoms with Crippen LogP contribution in [0.25, 0.3) is 0 Å². The van der Waals surface area contributed by atoms with Crippen molar-refractivity contribution in [2.45, 2.75) is 12.5 Å². The first-order valence-electron chi connectivity index (χ1n) is 5.65. The Balaban J connectivity index is 1.89. The highest BCUT2D eigenvalue weighted by Crippen LogP contribution is 2.20. The van der Waals surface area contributed by atoms with Crippen molar-refractivity contribution in [3.8, 4) is 0 Å². The second kappa shape index (κ2) is 5.39. The number of alkyl carbamates (subject to hydrolysis) is 1. The van der Waals surface area contributed by atoms with Crippen molar-refractivity contribution in [3.63, 3.8) is 0 Å². The van der Waals surface area contributed by atoms with Gasteiger partial charge in [0.2, 0.25) is 0 Å². The van der Waals surface area contributed by atoms with Gasteiger partial charge in [-0.25, -0.2) is 4.79 Å². The zero-order chi connectivity index (χ0) is 12.1. The molecule has 17 heavy (non-hydrogen) atoms. The normalized spacial score (nSPS) is 17.5. The molecule has 1 aromatic rings. The van der Waals surface area contributed by atoms with Crippen LogP contribution < -0.4 is 10.6 Å². The fourth-order valence-electron chi connectivity index (χ4n) is 1.89. The van der Waals surface area contributed by atoms with Crippen molar-refractivity contribution >= 4 is 11.8 Å². The zero-order valence-electron chi connectivity index (χ0n) is 9.61. The molecule has 0 saturated heterocycles. The highest BCUT2D eigenvalue weighted by molar-refractivity contribution is 5.68. The molecule has 1 aromatic carbocycles. The van der Waals surface area contributed by atoms with Gasteiger partial charge in [0.25, 0.3) is 0 Å². The summed E-state index contributed by atoms with van der Waals surface area (Å²) in [6.07, 6.45) is 1.98. The van der Waals surface area contributed by atoms with E-state index in [4.69, 9.17) is 4.74 Å². The van der Waals surface area contributed by atoms with Crippen molar-refractivity contribution in [2.24, 2.45) is 0 Å². The Bertz CT molecular complexity index is 418. The van der Waals surface area contributed by atoms with Crippen LogP contribution in [0, 0.1) is 0 Å². The first kappa shape index (κ1) is 11.5. The van der Waals surface area contributed by atoms with Gasteiger partial charge in [0.15, 0.2) is 0 Å². The van der Waals surface area contributed by atoms with E-state index in [1.165, 1.54) is 5.56 Å². The Morgan fingerprint density at radius 1 is 1.59 bits per heavy atom. The number of carbonyl (C=O) groups excluding carboxylic acids is 1. The first-order valence-corrected chi connectivity index (χ1v) is 5.65. The van der Waals surface area contributed by atoms with Crippen molar-refractivity contribution in [1.82, 2.24) is 5.32 Å². The molecular weight excluding hydrogens is 216 g/mol. The number of fused-ring (bicyclic) bond motifs is 1. The Kier molecular flexibility index (Phi) is 3.65. The molecule has 0 bridgehead atoms. The maximum absolute atomic E-state index is 11.4. The van der Waals surface area contributed by atoms with Gasteiger partial charge in [0, 0.05) is 12.2 Å². The highest BCUT2D eigenvalue weighted by Gasteiger charge is 2.19. The van der Waals surface area contributed by atoms with Crippen molar-refractivity contribution < 1.29 is 9.53 Å². The standard InChI is InChI=1S/C13H16N2O2/c1-2-7-17-13(16)15-11-8-10-5-3-4-6-12(10)14-9-11/h2-6,11,14H,1,7-9H2,(H,15,16)/t11-/m1/s1. The van der Waals surface area contributed by atoms with E-state index in [0.29, 0.717) is 0 Å². The predicted octanol–water partition coefficient (Wildman–Crippen LogP) is 1.94. The summed E-state index contributed by atoms with van der Waals surface area (Å²) in [7, 11) is 0. The fourth-order valence-corrected chi connectivity index (χ4v) is 1.89. The average Bonchev–Trinajstić information content (AvgIpc) is 2.36. The minimum absolute atomic E-state index is 0.0715. The molecule has 0 unspecified atom stereocenters. The van der Waals surface area contributed by atoms with Crippen molar-refractivity contribution in [2.75, 3.05) is 18.5 Å². The van der Waals surface area contributed by atoms with Gasteiger partial charge in [-0.15, -0.1) is 0 Å². The van der Waals surface area contributed by atoms with Crippen LogP contribution in [0.15, 0.2) is 36.9 Å². The van der Waals surface area contributed by atoms with Gasteiger partial charge >= 0.3 is 6.09 Å². The van der Waals surface area contributed by atoms with Crippen LogP contribution in [-0.4, -0.2) is 25.3 Å². The Morgan fingerprint density at radius 3 is 3.24 bits per heavy atom. The summed E-state index contributed by atoms with van der Waals surface area (Å²) in [5.74, 6) is 0. The number of rotatable bonds is 3. The third-order valence-corrected chi connectivity index (χ3v) is 2.68. The minimum Gasteiger partial charge on any atom is -0.445 e. The molecule has 4 nitrogen and oxygen atoms in total. The molecule has 2 rings (SSSR count). The summed E-state index contributed by atoms with van der Waals surface area (Å²) < 4.78 is 4.89. The Morgan fingerprint density at radius 2 is 2.41 bits per heavy atom. The molecule has 4 heteroatoms. The lowest BCUT2D eigenvalue weighted by Crippen LogP contribution is -2.43. The maximum Gasteiger partial charge on any atom is 0.407 e. The SMILES string of the molecule is C=CCOC(=O)N[C@H]1CNc2ccccc2C1. The van der Waals surface area contributed by atoms with Crippen LogP contribution in [0.5, 0.6) is 0 Å². The third kappa shape index (κ3) is 3.00. The van der Waals surface area contributed by atoms with E-state index in [-0.39, 0.29) is 12.6 Å². The summed E-state index contributed by atoms with van der Waals surface area (Å²) in [4.78, 5) is 11.4. The van der Waals surface area contributed by atoms with Gasteiger partial charge in [-0.3, -0.25) is 0 Å². The predicted molar refractivity (Wildman–Crippen MR) is 67.1 cm³/mol. The van der Waals surface area contributed by atoms with Gasteiger partial charge in [-0.1, -0.05) is 30.9 Å². The molecule has 1 heterocycles. The number of ether oxygens (including phenoxy) is 1. The van der Waals surface area contributed by atoms with Crippen LogP contribution in [-0.2, 0) is 11.2 Å². The topological polar surface area (TPSA) is 50.4 Å². The van der Waals surface area contributed by atoms with Crippen molar-refractivity contribution in [1.29, 1.82) is 0 Å². The molecule has 0 saturated carbocycles. The number of hydrogen-bond donors (Lipinski definition) is 2. The quantitative estimate of drug-likeness (QED) is 0.783. The maximum atomic E-state index is 11.4. The summed E-state index contributed by atoms with van der Waals surface area (Å²) >= 11 is 0. The number of anilines is 1. The Hall–Kier alpha value is -1.97. The lowest BCUT2D eigenvalue weighted by Gasteiger charge is -2.26. The molecule has 2 N–H and O–H groups in total. The van der Waals surface area contributed by atoms with E-state index in [1.54, 1.807) is 6.08 Å². The lowest BCUT2D eigenvalue weighted by atomic mass is 10.00. The van der Waals surface area contributed by atoms with E-state index in [1.807, 2.05) is 18.2 Å². The second-order valence-corrected chi connectivity index (χ2v) is 3.97. The van der Waals surface area contributed by atoms with Gasteiger partial charge < -0.3 is 15.4 Å². The second-order valence-electron chi connectivity index (χ2n) is 3.97. The molecule has 0 fully saturated rings. The smallest absolute Gasteiger partial charge is 0.407 e. The number of hydrogen-bond acceptors (Lipinski definition) is 3. The summed E-state index contributed by atoms with van der Waals surface area (Å²) in [6.45, 7) is 4.45. The van der Waals surface area contributed by atoms with E-state index in [2.05, 4.69) is 23.3 Å². The molecule has 0 radical (unpaired) electrons. The van der Waals surface area contributed by atoms with Crippen LogP contribution in [0.4, 0.5) is 10.5 Å². The minimum atomic E-state index is -0.393. The number of para-hydroxylation sites is 1. The van der Waals surface area contributed by atoms with Gasteiger partial charge in [0.1, 0.15) is 6.61 Å². The number of benzene rings is 1. The largest absolute Gasteiger partial charge is 0.445 e. The van der Waals surface area contributed by atoms with E-state index < -0.39 is 6.09 Å². The van der Waals surface area contributed by atoms with Gasteiger partial charge in [-0.2, -0.15) is 0 Å². The number of amides is 1.